The number of piperidine rings is 1. The van der Waals surface area contributed by atoms with Crippen molar-refractivity contribution >= 4 is 51.8 Å². The molecule has 1 saturated heterocycles. The van der Waals surface area contributed by atoms with Crippen LogP contribution in [0, 0.1) is 5.92 Å². The van der Waals surface area contributed by atoms with Crippen LogP contribution in [0.1, 0.15) is 44.7 Å². The van der Waals surface area contributed by atoms with Crippen molar-refractivity contribution in [2.24, 2.45) is 11.0 Å². The highest BCUT2D eigenvalue weighted by atomic mass is 35.5. The van der Waals surface area contributed by atoms with E-state index in [-0.39, 0.29) is 12.0 Å². The number of rotatable bonds is 6. The van der Waals surface area contributed by atoms with Crippen molar-refractivity contribution in [3.63, 3.8) is 0 Å². The van der Waals surface area contributed by atoms with E-state index in [0.717, 1.165) is 35.8 Å². The van der Waals surface area contributed by atoms with Crippen molar-refractivity contribution in [2.45, 2.75) is 39.2 Å². The number of thiocarbonyl (C=S) groups is 1. The quantitative estimate of drug-likeness (QED) is 0.483. The Morgan fingerprint density at radius 3 is 2.50 bits per heavy atom. The third-order valence-electron chi connectivity index (χ3n) is 5.92. The molecule has 2 atom stereocenters. The molecular weight excluding hydrogens is 463 g/mol. The van der Waals surface area contributed by atoms with Crippen molar-refractivity contribution < 1.29 is 4.74 Å². The summed E-state index contributed by atoms with van der Waals surface area (Å²) in [5, 5.41) is 10.3. The van der Waals surface area contributed by atoms with E-state index in [1.54, 1.807) is 6.07 Å². The van der Waals surface area contributed by atoms with Crippen LogP contribution in [0.2, 0.25) is 10.0 Å². The Morgan fingerprint density at radius 2 is 1.84 bits per heavy atom. The van der Waals surface area contributed by atoms with Gasteiger partial charge in [-0.05, 0) is 55.7 Å². The van der Waals surface area contributed by atoms with Crippen LogP contribution in [0.3, 0.4) is 0 Å². The molecule has 2 aromatic rings. The lowest BCUT2D eigenvalue weighted by atomic mass is 9.91. The molecular formula is C24H28Cl2N4OS. The van der Waals surface area contributed by atoms with E-state index in [9.17, 15) is 0 Å². The largest absolute Gasteiger partial charge is 0.494 e. The second-order valence-electron chi connectivity index (χ2n) is 8.15. The standard InChI is InChI=1S/C24H28Cl2N4OS/c1-3-31-19-10-7-17(8-11-19)23-16(2)22(24(32)28-29-13-5-4-6-14-29)27-30(23)21-12-9-18(25)15-20(21)26/h7-12,15-16,23H,3-6,13-14H2,1-2H3,(H,28,32)/t16-,23-/m1/s1. The normalized spacial score (nSPS) is 21.4. The second kappa shape index (κ2) is 10.4. The third kappa shape index (κ3) is 5.04. The monoisotopic (exact) mass is 490 g/mol. The molecule has 170 valence electrons. The number of ether oxygens (including phenoxy) is 1. The maximum atomic E-state index is 6.59. The van der Waals surface area contributed by atoms with Gasteiger partial charge in [0.2, 0.25) is 0 Å². The lowest BCUT2D eigenvalue weighted by molar-refractivity contribution is 0.197. The third-order valence-corrected chi connectivity index (χ3v) is 6.76. The SMILES string of the molecule is CCOc1ccc([C@H]2[C@H](C)C(C(=S)NN3CCCCC3)=NN2c2ccc(Cl)cc2Cl)cc1. The predicted octanol–water partition coefficient (Wildman–Crippen LogP) is 6.26. The molecule has 0 amide bonds. The average molecular weight is 491 g/mol. The second-order valence-corrected chi connectivity index (χ2v) is 9.40. The van der Waals surface area contributed by atoms with E-state index in [0.29, 0.717) is 21.6 Å². The van der Waals surface area contributed by atoms with E-state index >= 15 is 0 Å². The van der Waals surface area contributed by atoms with Crippen LogP contribution in [0.5, 0.6) is 5.75 Å². The van der Waals surface area contributed by atoms with E-state index in [1.165, 1.54) is 19.3 Å². The first-order valence-electron chi connectivity index (χ1n) is 11.1. The van der Waals surface area contributed by atoms with Crippen LogP contribution in [-0.2, 0) is 0 Å². The number of nitrogens with zero attached hydrogens (tertiary/aromatic N) is 3. The summed E-state index contributed by atoms with van der Waals surface area (Å²) in [5.74, 6) is 0.908. The number of hydrogen-bond donors (Lipinski definition) is 1. The zero-order chi connectivity index (χ0) is 22.7. The van der Waals surface area contributed by atoms with Crippen LogP contribution in [0.4, 0.5) is 5.69 Å². The first-order valence-corrected chi connectivity index (χ1v) is 12.3. The molecule has 2 aromatic carbocycles. The Morgan fingerprint density at radius 1 is 1.12 bits per heavy atom. The summed E-state index contributed by atoms with van der Waals surface area (Å²) < 4.78 is 5.62. The number of nitrogens with one attached hydrogen (secondary N) is 1. The number of hydrogen-bond acceptors (Lipinski definition) is 5. The Balaban J connectivity index is 1.66. The van der Waals surface area contributed by atoms with Gasteiger partial charge in [0, 0.05) is 24.0 Å². The fraction of sp³-hybridized carbons (Fsp3) is 0.417. The van der Waals surface area contributed by atoms with Gasteiger partial charge in [0.1, 0.15) is 16.4 Å². The lowest BCUT2D eigenvalue weighted by Crippen LogP contribution is -2.47. The van der Waals surface area contributed by atoms with Crippen molar-refractivity contribution in [3.05, 3.63) is 58.1 Å². The van der Waals surface area contributed by atoms with Crippen molar-refractivity contribution in [1.82, 2.24) is 10.4 Å². The van der Waals surface area contributed by atoms with Gasteiger partial charge < -0.3 is 10.2 Å². The molecule has 5 nitrogen and oxygen atoms in total. The van der Waals surface area contributed by atoms with E-state index < -0.39 is 0 Å². The first kappa shape index (κ1) is 23.3. The molecule has 2 aliphatic rings. The van der Waals surface area contributed by atoms with Crippen LogP contribution < -0.4 is 15.2 Å². The summed E-state index contributed by atoms with van der Waals surface area (Å²) in [4.78, 5) is 0.669. The minimum absolute atomic E-state index is 0.0551. The molecule has 0 bridgehead atoms. The van der Waals surface area contributed by atoms with Crippen LogP contribution in [0.15, 0.2) is 47.6 Å². The van der Waals surface area contributed by atoms with Crippen molar-refractivity contribution in [3.8, 4) is 5.75 Å². The maximum Gasteiger partial charge on any atom is 0.137 e. The molecule has 0 radical (unpaired) electrons. The highest BCUT2D eigenvalue weighted by Gasteiger charge is 2.39. The molecule has 0 aliphatic carbocycles. The predicted molar refractivity (Wildman–Crippen MR) is 137 cm³/mol. The molecule has 1 N–H and O–H groups in total. The summed E-state index contributed by atoms with van der Waals surface area (Å²) >= 11 is 18.5. The molecule has 0 spiro atoms. The lowest BCUT2D eigenvalue weighted by Gasteiger charge is -2.29. The number of hydrazine groups is 1. The minimum atomic E-state index is -0.0551. The molecule has 4 rings (SSSR count). The van der Waals surface area contributed by atoms with Crippen LogP contribution in [-0.4, -0.2) is 35.4 Å². The van der Waals surface area contributed by atoms with E-state index in [4.69, 9.17) is 45.3 Å². The van der Waals surface area contributed by atoms with Crippen LogP contribution >= 0.6 is 35.4 Å². The zero-order valence-corrected chi connectivity index (χ0v) is 20.7. The summed E-state index contributed by atoms with van der Waals surface area (Å²) in [7, 11) is 0. The Labute approximate surface area is 205 Å². The average Bonchev–Trinajstić information content (AvgIpc) is 3.12. The highest BCUT2D eigenvalue weighted by molar-refractivity contribution is 7.82. The Hall–Kier alpha value is -1.86. The van der Waals surface area contributed by atoms with E-state index in [1.807, 2.05) is 36.2 Å². The van der Waals surface area contributed by atoms with Gasteiger partial charge >= 0.3 is 0 Å². The summed E-state index contributed by atoms with van der Waals surface area (Å²) in [5.41, 5.74) is 6.20. The van der Waals surface area contributed by atoms with Gasteiger partial charge in [-0.15, -0.1) is 0 Å². The van der Waals surface area contributed by atoms with Gasteiger partial charge in [-0.2, -0.15) is 5.10 Å². The summed E-state index contributed by atoms with van der Waals surface area (Å²) in [6, 6.07) is 13.6. The van der Waals surface area contributed by atoms with E-state index in [2.05, 4.69) is 29.5 Å². The molecule has 0 unspecified atom stereocenters. The zero-order valence-electron chi connectivity index (χ0n) is 18.4. The van der Waals surface area contributed by atoms with Gasteiger partial charge in [-0.3, -0.25) is 5.01 Å². The molecule has 0 saturated carbocycles. The van der Waals surface area contributed by atoms with Gasteiger partial charge in [0.15, 0.2) is 0 Å². The summed E-state index contributed by atoms with van der Waals surface area (Å²) in [6.07, 6.45) is 3.63. The maximum absolute atomic E-state index is 6.59. The highest BCUT2D eigenvalue weighted by Crippen LogP contribution is 2.42. The van der Waals surface area contributed by atoms with Crippen molar-refractivity contribution in [2.75, 3.05) is 24.7 Å². The number of anilines is 1. The Bertz CT molecular complexity index is 992. The smallest absolute Gasteiger partial charge is 0.137 e. The minimum Gasteiger partial charge on any atom is -0.494 e. The molecule has 32 heavy (non-hydrogen) atoms. The number of halogens is 2. The number of benzene rings is 2. The first-order chi connectivity index (χ1) is 15.5. The van der Waals surface area contributed by atoms with Crippen LogP contribution in [0.25, 0.3) is 0 Å². The fourth-order valence-corrected chi connectivity index (χ4v) is 5.17. The Kier molecular flexibility index (Phi) is 7.56. The topological polar surface area (TPSA) is 40.1 Å². The summed E-state index contributed by atoms with van der Waals surface area (Å²) in [6.45, 7) is 6.77. The number of hydrazone groups is 1. The van der Waals surface area contributed by atoms with Gasteiger partial charge in [-0.1, -0.05) is 60.9 Å². The molecule has 2 aliphatic heterocycles. The fourth-order valence-electron chi connectivity index (χ4n) is 4.32. The molecule has 2 heterocycles. The van der Waals surface area contributed by atoms with Gasteiger partial charge in [0.25, 0.3) is 0 Å². The van der Waals surface area contributed by atoms with Gasteiger partial charge in [-0.25, -0.2) is 5.01 Å². The molecule has 8 heteroatoms. The molecule has 0 aromatic heterocycles. The molecule has 1 fully saturated rings. The van der Waals surface area contributed by atoms with Crippen molar-refractivity contribution in [1.29, 1.82) is 0 Å². The van der Waals surface area contributed by atoms with Gasteiger partial charge in [0.05, 0.1) is 23.4 Å².